The van der Waals surface area contributed by atoms with Crippen molar-refractivity contribution < 1.29 is 19.2 Å². The predicted octanol–water partition coefficient (Wildman–Crippen LogP) is 3.24. The highest BCUT2D eigenvalue weighted by Gasteiger charge is 2.33. The Morgan fingerprint density at radius 1 is 1.28 bits per heavy atom. The second-order valence-electron chi connectivity index (χ2n) is 6.94. The van der Waals surface area contributed by atoms with Gasteiger partial charge in [0.2, 0.25) is 0 Å². The van der Waals surface area contributed by atoms with Crippen LogP contribution in [0.25, 0.3) is 0 Å². The highest BCUT2D eigenvalue weighted by Crippen LogP contribution is 2.40. The van der Waals surface area contributed by atoms with Crippen LogP contribution >= 0.6 is 0 Å². The number of anilines is 1. The maximum absolute atomic E-state index is 13.0. The Hall–Kier alpha value is -2.63. The molecule has 1 fully saturated rings. The number of rotatable bonds is 5. The third-order valence-electron chi connectivity index (χ3n) is 4.97. The fourth-order valence-corrected chi connectivity index (χ4v) is 3.48. The van der Waals surface area contributed by atoms with Gasteiger partial charge in [-0.1, -0.05) is 23.4 Å². The van der Waals surface area contributed by atoms with E-state index in [1.807, 2.05) is 24.3 Å². The minimum atomic E-state index is -0.803. The van der Waals surface area contributed by atoms with Crippen LogP contribution in [0.3, 0.4) is 0 Å². The maximum atomic E-state index is 13.0. The molecule has 6 heteroatoms. The van der Waals surface area contributed by atoms with Gasteiger partial charge in [0.1, 0.15) is 5.76 Å². The minimum absolute atomic E-state index is 0.116. The van der Waals surface area contributed by atoms with Gasteiger partial charge in [0.25, 0.3) is 5.91 Å². The van der Waals surface area contributed by atoms with Gasteiger partial charge in [-0.15, -0.1) is 0 Å². The number of nitrogens with zero attached hydrogens (tertiary/aromatic N) is 2. The lowest BCUT2D eigenvalue weighted by atomic mass is 9.89. The molecule has 130 valence electrons. The molecule has 0 spiro atoms. The molecule has 1 aliphatic carbocycles. The quantitative estimate of drug-likeness (QED) is 0.903. The van der Waals surface area contributed by atoms with E-state index in [-0.39, 0.29) is 18.2 Å². The molecule has 2 aliphatic rings. The van der Waals surface area contributed by atoms with Crippen molar-refractivity contribution in [2.24, 2.45) is 5.92 Å². The first kappa shape index (κ1) is 15.9. The van der Waals surface area contributed by atoms with Gasteiger partial charge in [0.05, 0.1) is 0 Å². The van der Waals surface area contributed by atoms with Crippen molar-refractivity contribution in [2.75, 3.05) is 11.4 Å². The normalized spacial score (nSPS) is 19.5. The van der Waals surface area contributed by atoms with Crippen LogP contribution in [-0.4, -0.2) is 28.7 Å². The number of aromatic nitrogens is 1. The Morgan fingerprint density at radius 3 is 2.84 bits per heavy atom. The first-order valence-corrected chi connectivity index (χ1v) is 8.70. The fourth-order valence-electron chi connectivity index (χ4n) is 3.48. The van der Waals surface area contributed by atoms with Gasteiger partial charge in [0.15, 0.2) is 5.69 Å². The Bertz CT molecular complexity index is 809. The predicted molar refractivity (Wildman–Crippen MR) is 90.7 cm³/mol. The molecule has 2 aromatic rings. The molecular weight excluding hydrogens is 320 g/mol. The van der Waals surface area contributed by atoms with E-state index in [4.69, 9.17) is 9.63 Å². The smallest absolute Gasteiger partial charge is 0.303 e. The highest BCUT2D eigenvalue weighted by atomic mass is 16.5. The fraction of sp³-hybridized carbons (Fsp3) is 0.421. The zero-order valence-electron chi connectivity index (χ0n) is 13.9. The summed E-state index contributed by atoms with van der Waals surface area (Å²) >= 11 is 0. The molecule has 25 heavy (non-hydrogen) atoms. The zero-order valence-corrected chi connectivity index (χ0v) is 13.9. The first-order chi connectivity index (χ1) is 12.1. The van der Waals surface area contributed by atoms with Crippen molar-refractivity contribution in [3.63, 3.8) is 0 Å². The van der Waals surface area contributed by atoms with Crippen LogP contribution in [0.1, 0.15) is 53.4 Å². The average molecular weight is 340 g/mol. The maximum Gasteiger partial charge on any atom is 0.303 e. The Balaban J connectivity index is 1.59. The van der Waals surface area contributed by atoms with Gasteiger partial charge in [0, 0.05) is 30.6 Å². The number of carbonyl (C=O) groups is 2. The molecule has 1 unspecified atom stereocenters. The molecule has 1 N–H and O–H groups in total. The van der Waals surface area contributed by atoms with Gasteiger partial charge in [-0.2, -0.15) is 0 Å². The van der Waals surface area contributed by atoms with E-state index in [0.717, 1.165) is 36.3 Å². The monoisotopic (exact) mass is 340 g/mol. The van der Waals surface area contributed by atoms with E-state index < -0.39 is 5.97 Å². The van der Waals surface area contributed by atoms with Crippen molar-refractivity contribution in [1.29, 1.82) is 0 Å². The summed E-state index contributed by atoms with van der Waals surface area (Å²) in [5, 5.41) is 12.9. The number of carbonyl (C=O) groups excluding carboxylic acids is 1. The van der Waals surface area contributed by atoms with Crippen LogP contribution in [0.4, 0.5) is 5.69 Å². The molecule has 1 atom stereocenters. The average Bonchev–Trinajstić information content (AvgIpc) is 3.35. The van der Waals surface area contributed by atoms with Crippen LogP contribution in [0.5, 0.6) is 0 Å². The van der Waals surface area contributed by atoms with E-state index in [1.165, 1.54) is 0 Å². The molecule has 0 bridgehead atoms. The Morgan fingerprint density at radius 2 is 2.08 bits per heavy atom. The van der Waals surface area contributed by atoms with Gasteiger partial charge in [-0.3, -0.25) is 9.59 Å². The zero-order chi connectivity index (χ0) is 17.4. The molecule has 0 radical (unpaired) electrons. The van der Waals surface area contributed by atoms with Crippen LogP contribution in [0.15, 0.2) is 34.9 Å². The number of fused-ring (bicyclic) bond motifs is 1. The molecule has 6 nitrogen and oxygen atoms in total. The molecule has 2 heterocycles. The van der Waals surface area contributed by atoms with Gasteiger partial charge in [-0.05, 0) is 43.2 Å². The number of aliphatic carboxylic acids is 1. The summed E-state index contributed by atoms with van der Waals surface area (Å²) in [5.74, 6) is 0.345. The van der Waals surface area contributed by atoms with E-state index in [1.54, 1.807) is 11.0 Å². The molecule has 1 aromatic heterocycles. The van der Waals surface area contributed by atoms with E-state index in [0.29, 0.717) is 24.6 Å². The van der Waals surface area contributed by atoms with Crippen LogP contribution in [-0.2, 0) is 11.2 Å². The summed E-state index contributed by atoms with van der Waals surface area (Å²) in [6, 6.07) is 9.55. The van der Waals surface area contributed by atoms with E-state index >= 15 is 0 Å². The molecule has 0 saturated heterocycles. The standard InChI is InChI=1S/C19H20N2O4/c22-18(23)8-5-12-9-14-3-1-2-4-16(14)21(11-12)19(24)15-10-17(25-20-15)13-6-7-13/h1-4,10,12-13H,5-9,11H2,(H,22,23). The second-order valence-corrected chi connectivity index (χ2v) is 6.94. The lowest BCUT2D eigenvalue weighted by molar-refractivity contribution is -0.137. The summed E-state index contributed by atoms with van der Waals surface area (Å²) in [7, 11) is 0. The summed E-state index contributed by atoms with van der Waals surface area (Å²) in [6.45, 7) is 0.509. The second kappa shape index (κ2) is 6.35. The number of amides is 1. The number of benzene rings is 1. The van der Waals surface area contributed by atoms with E-state index in [9.17, 15) is 9.59 Å². The van der Waals surface area contributed by atoms with Crippen molar-refractivity contribution in [3.8, 4) is 0 Å². The number of para-hydroxylation sites is 1. The Kier molecular flexibility index (Phi) is 4.03. The lowest BCUT2D eigenvalue weighted by Crippen LogP contribution is -2.40. The largest absolute Gasteiger partial charge is 0.481 e. The summed E-state index contributed by atoms with van der Waals surface area (Å²) in [5.41, 5.74) is 2.29. The van der Waals surface area contributed by atoms with Crippen molar-refractivity contribution in [2.45, 2.75) is 38.0 Å². The highest BCUT2D eigenvalue weighted by molar-refractivity contribution is 6.05. The lowest BCUT2D eigenvalue weighted by Gasteiger charge is -2.34. The van der Waals surface area contributed by atoms with Crippen LogP contribution in [0, 0.1) is 5.92 Å². The van der Waals surface area contributed by atoms with Crippen molar-refractivity contribution in [1.82, 2.24) is 5.16 Å². The van der Waals surface area contributed by atoms with E-state index in [2.05, 4.69) is 5.16 Å². The third kappa shape index (κ3) is 3.29. The minimum Gasteiger partial charge on any atom is -0.481 e. The van der Waals surface area contributed by atoms with Crippen LogP contribution in [0.2, 0.25) is 0 Å². The Labute approximate surface area is 145 Å². The number of hydrogen-bond donors (Lipinski definition) is 1. The molecule has 1 amide bonds. The van der Waals surface area contributed by atoms with Crippen molar-refractivity contribution in [3.05, 3.63) is 47.3 Å². The SMILES string of the molecule is O=C(O)CCC1Cc2ccccc2N(C(=O)c2cc(C3CC3)on2)C1. The number of hydrogen-bond acceptors (Lipinski definition) is 4. The van der Waals surface area contributed by atoms with Gasteiger partial charge in [-0.25, -0.2) is 0 Å². The molecule has 1 saturated carbocycles. The third-order valence-corrected chi connectivity index (χ3v) is 4.97. The molecular formula is C19H20N2O4. The molecule has 4 rings (SSSR count). The summed E-state index contributed by atoms with van der Waals surface area (Å²) in [4.78, 5) is 25.6. The van der Waals surface area contributed by atoms with Crippen molar-refractivity contribution >= 4 is 17.6 Å². The summed E-state index contributed by atoms with van der Waals surface area (Å²) in [6.07, 6.45) is 3.64. The summed E-state index contributed by atoms with van der Waals surface area (Å²) < 4.78 is 5.32. The van der Waals surface area contributed by atoms with Gasteiger partial charge >= 0.3 is 5.97 Å². The van der Waals surface area contributed by atoms with Crippen LogP contribution < -0.4 is 4.90 Å². The number of carboxylic acids is 1. The number of carboxylic acid groups (broad SMARTS) is 1. The topological polar surface area (TPSA) is 83.6 Å². The molecule has 1 aromatic carbocycles. The van der Waals surface area contributed by atoms with Gasteiger partial charge < -0.3 is 14.5 Å². The molecule has 1 aliphatic heterocycles. The first-order valence-electron chi connectivity index (χ1n) is 8.70.